The molecule has 0 aromatic carbocycles. The Hall–Kier alpha value is -0.830. The molecule has 3 nitrogen and oxygen atoms in total. The summed E-state index contributed by atoms with van der Waals surface area (Å²) in [6, 6.07) is 1.92. The van der Waals surface area contributed by atoms with Crippen LogP contribution in [-0.4, -0.2) is 23.1 Å². The van der Waals surface area contributed by atoms with Crippen molar-refractivity contribution in [3.05, 3.63) is 17.5 Å². The number of rotatable bonds is 1. The minimum absolute atomic E-state index is 0.331. The summed E-state index contributed by atoms with van der Waals surface area (Å²) < 4.78 is 0. The average molecular weight is 226 g/mol. The van der Waals surface area contributed by atoms with Crippen LogP contribution in [0.1, 0.15) is 26.7 Å². The molecule has 0 aliphatic carbocycles. The lowest BCUT2D eigenvalue weighted by atomic mass is 9.83. The highest BCUT2D eigenvalue weighted by Gasteiger charge is 2.25. The van der Waals surface area contributed by atoms with Gasteiger partial charge in [0.15, 0.2) is 0 Å². The first kappa shape index (κ1) is 10.7. The van der Waals surface area contributed by atoms with Gasteiger partial charge in [-0.05, 0) is 35.9 Å². The van der Waals surface area contributed by atoms with Gasteiger partial charge in [0.1, 0.15) is 5.82 Å². The summed E-state index contributed by atoms with van der Waals surface area (Å²) in [6.07, 6.45) is 4.12. The fourth-order valence-corrected chi connectivity index (χ4v) is 1.99. The Morgan fingerprint density at radius 1 is 1.33 bits per heavy atom. The molecule has 0 bridgehead atoms. The summed E-state index contributed by atoms with van der Waals surface area (Å²) in [7, 11) is 0. The van der Waals surface area contributed by atoms with Crippen molar-refractivity contribution in [3.63, 3.8) is 0 Å². The van der Waals surface area contributed by atoms with Crippen molar-refractivity contribution >= 4 is 17.4 Å². The normalized spacial score (nSPS) is 20.3. The zero-order chi connectivity index (χ0) is 10.9. The van der Waals surface area contributed by atoms with Crippen molar-refractivity contribution in [2.24, 2.45) is 5.41 Å². The molecule has 1 aromatic rings. The maximum atomic E-state index is 5.77. The molecule has 0 saturated carbocycles. The Labute approximate surface area is 95.5 Å². The van der Waals surface area contributed by atoms with Gasteiger partial charge in [-0.1, -0.05) is 13.8 Å². The van der Waals surface area contributed by atoms with Gasteiger partial charge in [-0.25, -0.2) is 9.97 Å². The van der Waals surface area contributed by atoms with Crippen molar-refractivity contribution in [1.82, 2.24) is 9.97 Å². The highest BCUT2D eigenvalue weighted by Crippen LogP contribution is 2.31. The second kappa shape index (κ2) is 3.97. The fourth-order valence-electron chi connectivity index (χ4n) is 1.84. The monoisotopic (exact) mass is 225 g/mol. The van der Waals surface area contributed by atoms with E-state index in [1.165, 1.54) is 12.8 Å². The number of nitrogens with zero attached hydrogens (tertiary/aromatic N) is 3. The van der Waals surface area contributed by atoms with Crippen LogP contribution in [0.2, 0.25) is 5.28 Å². The van der Waals surface area contributed by atoms with Crippen LogP contribution in [0.3, 0.4) is 0 Å². The minimum atomic E-state index is 0.331. The third kappa shape index (κ3) is 2.59. The van der Waals surface area contributed by atoms with Crippen LogP contribution in [0.15, 0.2) is 12.3 Å². The molecule has 0 radical (unpaired) electrons. The van der Waals surface area contributed by atoms with Crippen LogP contribution < -0.4 is 4.90 Å². The molecule has 0 amide bonds. The van der Waals surface area contributed by atoms with E-state index in [9.17, 15) is 0 Å². The Balaban J connectivity index is 2.08. The van der Waals surface area contributed by atoms with Gasteiger partial charge in [0, 0.05) is 19.3 Å². The molecule has 2 rings (SSSR count). The van der Waals surface area contributed by atoms with Crippen LogP contribution in [0, 0.1) is 5.41 Å². The van der Waals surface area contributed by atoms with E-state index in [1.807, 2.05) is 6.07 Å². The van der Waals surface area contributed by atoms with Gasteiger partial charge in [-0.3, -0.25) is 0 Å². The third-order valence-corrected chi connectivity index (χ3v) is 3.23. The van der Waals surface area contributed by atoms with E-state index < -0.39 is 0 Å². The molecule has 0 unspecified atom stereocenters. The van der Waals surface area contributed by atoms with E-state index in [2.05, 4.69) is 28.7 Å². The highest BCUT2D eigenvalue weighted by atomic mass is 35.5. The Morgan fingerprint density at radius 2 is 2.00 bits per heavy atom. The van der Waals surface area contributed by atoms with E-state index in [0.29, 0.717) is 10.7 Å². The van der Waals surface area contributed by atoms with Crippen molar-refractivity contribution in [3.8, 4) is 0 Å². The van der Waals surface area contributed by atoms with Crippen molar-refractivity contribution in [2.75, 3.05) is 18.0 Å². The minimum Gasteiger partial charge on any atom is -0.356 e. The maximum absolute atomic E-state index is 5.77. The fraction of sp³-hybridized carbons (Fsp3) is 0.636. The van der Waals surface area contributed by atoms with Crippen LogP contribution in [0.4, 0.5) is 5.82 Å². The molecule has 0 N–H and O–H groups in total. The number of hydrogen-bond acceptors (Lipinski definition) is 3. The molecule has 0 spiro atoms. The number of aromatic nitrogens is 2. The van der Waals surface area contributed by atoms with Gasteiger partial charge in [0.2, 0.25) is 5.28 Å². The molecule has 0 atom stereocenters. The molecule has 1 saturated heterocycles. The van der Waals surface area contributed by atoms with Crippen LogP contribution in [0.5, 0.6) is 0 Å². The standard InChI is InChI=1S/C11H16ClN3/c1-11(2)4-7-15(8-5-11)9-3-6-13-10(12)14-9/h3,6H,4-5,7-8H2,1-2H3. The van der Waals surface area contributed by atoms with Crippen LogP contribution >= 0.6 is 11.6 Å². The first-order valence-electron chi connectivity index (χ1n) is 5.30. The molecule has 2 heterocycles. The third-order valence-electron chi connectivity index (χ3n) is 3.05. The number of anilines is 1. The zero-order valence-corrected chi connectivity index (χ0v) is 9.96. The second-order valence-corrected chi connectivity index (χ2v) is 5.17. The number of piperidine rings is 1. The molecular weight excluding hydrogens is 210 g/mol. The van der Waals surface area contributed by atoms with Crippen LogP contribution in [0.25, 0.3) is 0 Å². The van der Waals surface area contributed by atoms with E-state index in [4.69, 9.17) is 11.6 Å². The molecule has 82 valence electrons. The lowest BCUT2D eigenvalue weighted by Crippen LogP contribution is -2.37. The van der Waals surface area contributed by atoms with E-state index in [0.717, 1.165) is 18.9 Å². The van der Waals surface area contributed by atoms with Gasteiger partial charge < -0.3 is 4.90 Å². The number of halogens is 1. The van der Waals surface area contributed by atoms with Crippen molar-refractivity contribution < 1.29 is 0 Å². The van der Waals surface area contributed by atoms with Crippen LogP contribution in [-0.2, 0) is 0 Å². The Bertz CT molecular complexity index is 341. The largest absolute Gasteiger partial charge is 0.356 e. The Morgan fingerprint density at radius 3 is 2.60 bits per heavy atom. The summed E-state index contributed by atoms with van der Waals surface area (Å²) >= 11 is 5.77. The van der Waals surface area contributed by atoms with Crippen molar-refractivity contribution in [2.45, 2.75) is 26.7 Å². The second-order valence-electron chi connectivity index (χ2n) is 4.84. The van der Waals surface area contributed by atoms with E-state index >= 15 is 0 Å². The number of hydrogen-bond donors (Lipinski definition) is 0. The maximum Gasteiger partial charge on any atom is 0.224 e. The lowest BCUT2D eigenvalue weighted by molar-refractivity contribution is 0.279. The first-order chi connectivity index (χ1) is 7.07. The van der Waals surface area contributed by atoms with Gasteiger partial charge in [0.05, 0.1) is 0 Å². The quantitative estimate of drug-likeness (QED) is 0.689. The molecular formula is C11H16ClN3. The highest BCUT2D eigenvalue weighted by molar-refractivity contribution is 6.28. The zero-order valence-electron chi connectivity index (χ0n) is 9.20. The molecule has 1 aromatic heterocycles. The smallest absolute Gasteiger partial charge is 0.224 e. The predicted molar refractivity (Wildman–Crippen MR) is 62.3 cm³/mol. The van der Waals surface area contributed by atoms with Gasteiger partial charge in [-0.2, -0.15) is 0 Å². The lowest BCUT2D eigenvalue weighted by Gasteiger charge is -2.37. The van der Waals surface area contributed by atoms with E-state index in [1.54, 1.807) is 6.20 Å². The molecule has 1 fully saturated rings. The predicted octanol–water partition coefficient (Wildman–Crippen LogP) is 2.76. The summed E-state index contributed by atoms with van der Waals surface area (Å²) in [5.74, 6) is 0.950. The van der Waals surface area contributed by atoms with Gasteiger partial charge in [-0.15, -0.1) is 0 Å². The van der Waals surface area contributed by atoms with E-state index in [-0.39, 0.29) is 0 Å². The topological polar surface area (TPSA) is 29.0 Å². The summed E-state index contributed by atoms with van der Waals surface area (Å²) in [5.41, 5.74) is 0.466. The summed E-state index contributed by atoms with van der Waals surface area (Å²) in [6.45, 7) is 6.75. The summed E-state index contributed by atoms with van der Waals surface area (Å²) in [5, 5.41) is 0.331. The molecule has 15 heavy (non-hydrogen) atoms. The van der Waals surface area contributed by atoms with Crippen molar-refractivity contribution in [1.29, 1.82) is 0 Å². The molecule has 4 heteroatoms. The van der Waals surface area contributed by atoms with Gasteiger partial charge in [0.25, 0.3) is 0 Å². The Kier molecular flexibility index (Phi) is 2.83. The molecule has 1 aliphatic rings. The average Bonchev–Trinajstić information content (AvgIpc) is 2.17. The SMILES string of the molecule is CC1(C)CCN(c2ccnc(Cl)n2)CC1. The van der Waals surface area contributed by atoms with Gasteiger partial charge >= 0.3 is 0 Å². The summed E-state index contributed by atoms with van der Waals surface area (Å²) in [4.78, 5) is 10.4. The molecule has 1 aliphatic heterocycles. The first-order valence-corrected chi connectivity index (χ1v) is 5.68.